The molecule has 1 amide bonds. The molecule has 2 aromatic heterocycles. The van der Waals surface area contributed by atoms with Crippen LogP contribution in [0.25, 0.3) is 10.8 Å². The second-order valence-electron chi connectivity index (χ2n) is 7.10. The third-order valence-corrected chi connectivity index (χ3v) is 5.65. The third-order valence-electron chi connectivity index (χ3n) is 4.50. The van der Waals surface area contributed by atoms with Gasteiger partial charge in [0.2, 0.25) is 0 Å². The first-order valence-corrected chi connectivity index (χ1v) is 11.3. The van der Waals surface area contributed by atoms with Crippen LogP contribution in [0.3, 0.4) is 0 Å². The molecule has 0 saturated carbocycles. The van der Waals surface area contributed by atoms with E-state index in [0.717, 1.165) is 24.2 Å². The van der Waals surface area contributed by atoms with Gasteiger partial charge in [-0.25, -0.2) is 15.0 Å². The normalized spacial score (nSPS) is 11.7. The fourth-order valence-electron chi connectivity index (χ4n) is 2.91. The number of rotatable bonds is 10. The number of hydrogen-bond donors (Lipinski definition) is 1. The number of benzene rings is 1. The van der Waals surface area contributed by atoms with Gasteiger partial charge in [0.1, 0.15) is 4.88 Å². The van der Waals surface area contributed by atoms with Crippen LogP contribution in [0.4, 0.5) is 0 Å². The van der Waals surface area contributed by atoms with Crippen molar-refractivity contribution in [3.63, 3.8) is 0 Å². The Balaban J connectivity index is 1.75. The number of nitrogens with zero attached hydrogens (tertiary/aromatic N) is 3. The van der Waals surface area contributed by atoms with Crippen LogP contribution < -0.4 is 14.8 Å². The fourth-order valence-corrected chi connectivity index (χ4v) is 3.83. The molecule has 0 saturated heterocycles. The predicted octanol–water partition coefficient (Wildman–Crippen LogP) is 4.98. The quantitative estimate of drug-likeness (QED) is 0.479. The van der Waals surface area contributed by atoms with Crippen molar-refractivity contribution in [3.8, 4) is 22.3 Å². The highest BCUT2D eigenvalue weighted by atomic mass is 32.1. The van der Waals surface area contributed by atoms with Crippen molar-refractivity contribution in [2.24, 2.45) is 0 Å². The van der Waals surface area contributed by atoms with Gasteiger partial charge in [-0.15, -0.1) is 11.3 Å². The first kappa shape index (κ1) is 22.7. The highest BCUT2D eigenvalue weighted by Gasteiger charge is 2.20. The highest BCUT2D eigenvalue weighted by Crippen LogP contribution is 2.31. The number of thiazole rings is 1. The lowest BCUT2D eigenvalue weighted by atomic mass is 10.1. The van der Waals surface area contributed by atoms with Crippen molar-refractivity contribution in [2.75, 3.05) is 13.2 Å². The summed E-state index contributed by atoms with van der Waals surface area (Å²) in [5, 5.41) is 3.69. The molecule has 1 atom stereocenters. The molecule has 0 radical (unpaired) electrons. The van der Waals surface area contributed by atoms with Crippen LogP contribution in [0.5, 0.6) is 11.5 Å². The molecule has 8 heteroatoms. The predicted molar refractivity (Wildman–Crippen MR) is 122 cm³/mol. The van der Waals surface area contributed by atoms with Crippen LogP contribution >= 0.6 is 11.3 Å². The van der Waals surface area contributed by atoms with Gasteiger partial charge in [-0.05, 0) is 50.5 Å². The van der Waals surface area contributed by atoms with Crippen LogP contribution in [0.2, 0.25) is 0 Å². The average molecular weight is 441 g/mol. The van der Waals surface area contributed by atoms with E-state index in [1.54, 1.807) is 18.5 Å². The average Bonchev–Trinajstić information content (AvgIpc) is 3.18. The lowest BCUT2D eigenvalue weighted by Crippen LogP contribution is -2.26. The Morgan fingerprint density at radius 2 is 1.77 bits per heavy atom. The molecule has 0 aliphatic carbocycles. The molecule has 0 spiro atoms. The van der Waals surface area contributed by atoms with Gasteiger partial charge in [0.15, 0.2) is 22.3 Å². The first-order valence-electron chi connectivity index (χ1n) is 10.5. The van der Waals surface area contributed by atoms with Crippen LogP contribution in [0.1, 0.15) is 60.6 Å². The molecule has 0 bridgehead atoms. The van der Waals surface area contributed by atoms with E-state index in [-0.39, 0.29) is 11.9 Å². The molecule has 31 heavy (non-hydrogen) atoms. The van der Waals surface area contributed by atoms with Crippen molar-refractivity contribution in [3.05, 3.63) is 52.8 Å². The number of nitrogens with one attached hydrogen (secondary N) is 1. The molecule has 3 rings (SSSR count). The molecule has 1 aromatic carbocycles. The fraction of sp³-hybridized carbons (Fsp3) is 0.391. The zero-order valence-electron chi connectivity index (χ0n) is 18.3. The maximum absolute atomic E-state index is 12.9. The summed E-state index contributed by atoms with van der Waals surface area (Å²) in [6, 6.07) is 7.33. The standard InChI is InChI=1S/C23H28N4O3S/c1-5-12-29-18-9-8-17(14-19(18)30-13-6-2)15(3)26-22(28)20-16(4)27-23(31-20)21-24-10-7-11-25-21/h7-11,14-15H,5-6,12-13H2,1-4H3,(H,26,28)/t15-/m0/s1. The summed E-state index contributed by atoms with van der Waals surface area (Å²) in [7, 11) is 0. The summed E-state index contributed by atoms with van der Waals surface area (Å²) >= 11 is 1.29. The first-order chi connectivity index (χ1) is 15.0. The molecule has 3 aromatic rings. The largest absolute Gasteiger partial charge is 0.490 e. The molecule has 0 unspecified atom stereocenters. The highest BCUT2D eigenvalue weighted by molar-refractivity contribution is 7.17. The lowest BCUT2D eigenvalue weighted by molar-refractivity contribution is 0.0943. The van der Waals surface area contributed by atoms with E-state index in [9.17, 15) is 4.79 Å². The van der Waals surface area contributed by atoms with Crippen LogP contribution in [-0.2, 0) is 0 Å². The Bertz CT molecular complexity index is 1010. The summed E-state index contributed by atoms with van der Waals surface area (Å²) < 4.78 is 11.7. The van der Waals surface area contributed by atoms with Gasteiger partial charge in [0.25, 0.3) is 5.91 Å². The van der Waals surface area contributed by atoms with Gasteiger partial charge < -0.3 is 14.8 Å². The minimum absolute atomic E-state index is 0.174. The van der Waals surface area contributed by atoms with Crippen molar-refractivity contribution in [2.45, 2.75) is 46.6 Å². The minimum atomic E-state index is -0.213. The minimum Gasteiger partial charge on any atom is -0.490 e. The summed E-state index contributed by atoms with van der Waals surface area (Å²) in [4.78, 5) is 26.4. The summed E-state index contributed by atoms with van der Waals surface area (Å²) in [5.41, 5.74) is 1.60. The Kier molecular flexibility index (Phi) is 7.94. The number of carbonyl (C=O) groups is 1. The summed E-state index contributed by atoms with van der Waals surface area (Å²) in [5.74, 6) is 1.77. The van der Waals surface area contributed by atoms with Gasteiger partial charge in [-0.2, -0.15) is 0 Å². The van der Waals surface area contributed by atoms with Crippen LogP contribution in [0, 0.1) is 6.92 Å². The number of hydrogen-bond acceptors (Lipinski definition) is 7. The van der Waals surface area contributed by atoms with Gasteiger partial charge >= 0.3 is 0 Å². The van der Waals surface area contributed by atoms with Crippen molar-refractivity contribution < 1.29 is 14.3 Å². The zero-order chi connectivity index (χ0) is 22.2. The second-order valence-corrected chi connectivity index (χ2v) is 8.10. The van der Waals surface area contributed by atoms with Crippen molar-refractivity contribution in [1.82, 2.24) is 20.3 Å². The van der Waals surface area contributed by atoms with E-state index in [4.69, 9.17) is 9.47 Å². The molecule has 164 valence electrons. The van der Waals surface area contributed by atoms with Gasteiger partial charge in [0.05, 0.1) is 24.9 Å². The lowest BCUT2D eigenvalue weighted by Gasteiger charge is -2.18. The molecule has 0 aliphatic heterocycles. The van der Waals surface area contributed by atoms with Gasteiger partial charge in [-0.1, -0.05) is 19.9 Å². The molecule has 0 fully saturated rings. The Labute approximate surface area is 186 Å². The monoisotopic (exact) mass is 440 g/mol. The van der Waals surface area contributed by atoms with Crippen LogP contribution in [-0.4, -0.2) is 34.1 Å². The number of aromatic nitrogens is 3. The zero-order valence-corrected chi connectivity index (χ0v) is 19.2. The molecule has 2 heterocycles. The molecular formula is C23H28N4O3S. The van der Waals surface area contributed by atoms with E-state index < -0.39 is 0 Å². The summed E-state index contributed by atoms with van der Waals surface area (Å²) in [6.07, 6.45) is 5.15. The number of aryl methyl sites for hydroxylation is 1. The number of ether oxygens (including phenoxy) is 2. The number of carbonyl (C=O) groups excluding carboxylic acids is 1. The van der Waals surface area contributed by atoms with Gasteiger partial charge in [-0.3, -0.25) is 4.79 Å². The van der Waals surface area contributed by atoms with E-state index >= 15 is 0 Å². The van der Waals surface area contributed by atoms with E-state index in [1.807, 2.05) is 32.0 Å². The number of amides is 1. The van der Waals surface area contributed by atoms with Crippen LogP contribution in [0.15, 0.2) is 36.7 Å². The Hall–Kier alpha value is -3.00. The van der Waals surface area contributed by atoms with Crippen molar-refractivity contribution >= 4 is 17.2 Å². The topological polar surface area (TPSA) is 86.2 Å². The van der Waals surface area contributed by atoms with Gasteiger partial charge in [0, 0.05) is 12.4 Å². The SMILES string of the molecule is CCCOc1ccc([C@H](C)NC(=O)c2sc(-c3ncccn3)nc2C)cc1OCCC. The van der Waals surface area contributed by atoms with Crippen molar-refractivity contribution in [1.29, 1.82) is 0 Å². The molecule has 7 nitrogen and oxygen atoms in total. The maximum atomic E-state index is 12.9. The van der Waals surface area contributed by atoms with E-state index in [2.05, 4.69) is 34.1 Å². The Morgan fingerprint density at radius 1 is 1.10 bits per heavy atom. The maximum Gasteiger partial charge on any atom is 0.263 e. The molecular weight excluding hydrogens is 412 g/mol. The molecule has 1 N–H and O–H groups in total. The van der Waals surface area contributed by atoms with E-state index in [1.165, 1.54) is 11.3 Å². The Morgan fingerprint density at radius 3 is 2.45 bits per heavy atom. The third kappa shape index (κ3) is 5.79. The smallest absolute Gasteiger partial charge is 0.263 e. The summed E-state index contributed by atoms with van der Waals surface area (Å²) in [6.45, 7) is 9.13. The second kappa shape index (κ2) is 10.9. The van der Waals surface area contributed by atoms with E-state index in [0.29, 0.717) is 40.4 Å². The molecule has 0 aliphatic rings.